The van der Waals surface area contributed by atoms with Crippen LogP contribution in [0.15, 0.2) is 0 Å². The zero-order valence-electron chi connectivity index (χ0n) is 9.61. The van der Waals surface area contributed by atoms with Gasteiger partial charge in [0.15, 0.2) is 0 Å². The molecule has 14 heavy (non-hydrogen) atoms. The minimum atomic E-state index is 0.602. The average Bonchev–Trinajstić information content (AvgIpc) is 2.54. The van der Waals surface area contributed by atoms with Crippen LogP contribution in [0, 0.1) is 16.7 Å². The van der Waals surface area contributed by atoms with Gasteiger partial charge in [0.1, 0.15) is 0 Å². The highest BCUT2D eigenvalue weighted by molar-refractivity contribution is 6.18. The molecule has 1 unspecified atom stereocenters. The van der Waals surface area contributed by atoms with E-state index in [1.54, 1.807) is 0 Å². The summed E-state index contributed by atoms with van der Waals surface area (Å²) in [5, 5.41) is 0. The van der Waals surface area contributed by atoms with E-state index in [0.717, 1.165) is 11.8 Å². The van der Waals surface area contributed by atoms with Crippen molar-refractivity contribution >= 4 is 11.6 Å². The van der Waals surface area contributed by atoms with E-state index in [1.807, 2.05) is 0 Å². The molecular formula is C13H23Cl. The largest absolute Gasteiger partial charge is 0.126 e. The van der Waals surface area contributed by atoms with E-state index in [-0.39, 0.29) is 0 Å². The molecule has 0 aromatic rings. The number of hydrogen-bond donors (Lipinski definition) is 0. The Morgan fingerprint density at radius 1 is 1.07 bits per heavy atom. The van der Waals surface area contributed by atoms with Crippen LogP contribution in [0.3, 0.4) is 0 Å². The summed E-state index contributed by atoms with van der Waals surface area (Å²) in [6.45, 7) is 4.84. The van der Waals surface area contributed by atoms with Crippen LogP contribution in [0.4, 0.5) is 0 Å². The maximum Gasteiger partial charge on any atom is 0.0257 e. The van der Waals surface area contributed by atoms with Crippen molar-refractivity contribution < 1.29 is 0 Å². The summed E-state index contributed by atoms with van der Waals surface area (Å²) in [4.78, 5) is 0. The molecule has 2 aliphatic rings. The Bertz CT molecular complexity index is 197. The topological polar surface area (TPSA) is 0 Å². The van der Waals surface area contributed by atoms with Gasteiger partial charge in [-0.1, -0.05) is 20.3 Å². The Labute approximate surface area is 93.4 Å². The van der Waals surface area contributed by atoms with E-state index < -0.39 is 0 Å². The van der Waals surface area contributed by atoms with Gasteiger partial charge in [0, 0.05) is 5.88 Å². The number of halogens is 1. The van der Waals surface area contributed by atoms with Crippen molar-refractivity contribution in [3.63, 3.8) is 0 Å². The SMILES string of the molecule is CC1(C)CCC2(CCCC2CCl)CC1. The van der Waals surface area contributed by atoms with E-state index >= 15 is 0 Å². The Morgan fingerprint density at radius 3 is 2.29 bits per heavy atom. The first kappa shape index (κ1) is 10.8. The predicted octanol–water partition coefficient (Wildman–Crippen LogP) is 4.61. The molecule has 0 heterocycles. The van der Waals surface area contributed by atoms with Gasteiger partial charge in [-0.25, -0.2) is 0 Å². The molecule has 0 amide bonds. The van der Waals surface area contributed by atoms with Crippen LogP contribution in [-0.2, 0) is 0 Å². The minimum absolute atomic E-state index is 0.602. The maximum absolute atomic E-state index is 6.10. The monoisotopic (exact) mass is 214 g/mol. The van der Waals surface area contributed by atoms with Crippen molar-refractivity contribution in [3.8, 4) is 0 Å². The molecule has 1 spiro atoms. The van der Waals surface area contributed by atoms with Crippen molar-refractivity contribution in [2.75, 3.05) is 5.88 Å². The summed E-state index contributed by atoms with van der Waals surface area (Å²) in [7, 11) is 0. The average molecular weight is 215 g/mol. The van der Waals surface area contributed by atoms with Crippen molar-refractivity contribution in [2.24, 2.45) is 16.7 Å². The first-order valence-electron chi connectivity index (χ1n) is 6.14. The van der Waals surface area contributed by atoms with Gasteiger partial charge >= 0.3 is 0 Å². The Morgan fingerprint density at radius 2 is 1.71 bits per heavy atom. The quantitative estimate of drug-likeness (QED) is 0.560. The Balaban J connectivity index is 2.04. The molecule has 0 saturated heterocycles. The lowest BCUT2D eigenvalue weighted by molar-refractivity contribution is 0.0728. The van der Waals surface area contributed by atoms with E-state index in [1.165, 1.54) is 44.9 Å². The summed E-state index contributed by atoms with van der Waals surface area (Å²) in [5.41, 5.74) is 1.27. The fourth-order valence-corrected chi connectivity index (χ4v) is 4.02. The molecule has 2 aliphatic carbocycles. The molecule has 0 aromatic heterocycles. The summed E-state index contributed by atoms with van der Waals surface area (Å²) in [6, 6.07) is 0. The highest BCUT2D eigenvalue weighted by atomic mass is 35.5. The first-order valence-corrected chi connectivity index (χ1v) is 6.67. The molecule has 0 nitrogen and oxygen atoms in total. The van der Waals surface area contributed by atoms with E-state index in [9.17, 15) is 0 Å². The molecule has 2 rings (SSSR count). The third-order valence-corrected chi connectivity index (χ3v) is 5.25. The third kappa shape index (κ3) is 1.83. The van der Waals surface area contributed by atoms with E-state index in [2.05, 4.69) is 13.8 Å². The van der Waals surface area contributed by atoms with Crippen LogP contribution >= 0.6 is 11.6 Å². The van der Waals surface area contributed by atoms with Crippen LogP contribution in [0.5, 0.6) is 0 Å². The Kier molecular flexibility index (Phi) is 2.85. The lowest BCUT2D eigenvalue weighted by atomic mass is 9.61. The lowest BCUT2D eigenvalue weighted by Crippen LogP contribution is -2.34. The number of alkyl halides is 1. The second kappa shape index (κ2) is 3.70. The van der Waals surface area contributed by atoms with Crippen LogP contribution < -0.4 is 0 Å². The molecule has 0 bridgehead atoms. The lowest BCUT2D eigenvalue weighted by Gasteiger charge is -2.44. The highest BCUT2D eigenvalue weighted by Crippen LogP contribution is 2.56. The zero-order valence-corrected chi connectivity index (χ0v) is 10.4. The molecule has 1 atom stereocenters. The van der Waals surface area contributed by atoms with Gasteiger partial charge in [0.25, 0.3) is 0 Å². The molecule has 0 N–H and O–H groups in total. The molecule has 0 radical (unpaired) electrons. The molecule has 0 aromatic carbocycles. The van der Waals surface area contributed by atoms with Gasteiger partial charge in [-0.2, -0.15) is 0 Å². The molecule has 0 aliphatic heterocycles. The van der Waals surface area contributed by atoms with Crippen LogP contribution in [0.25, 0.3) is 0 Å². The number of rotatable bonds is 1. The van der Waals surface area contributed by atoms with Crippen molar-refractivity contribution in [2.45, 2.75) is 58.8 Å². The molecule has 2 saturated carbocycles. The Hall–Kier alpha value is 0.290. The van der Waals surface area contributed by atoms with Gasteiger partial charge in [-0.05, 0) is 55.3 Å². The summed E-state index contributed by atoms with van der Waals surface area (Å²) in [6.07, 6.45) is 10.00. The third-order valence-electron chi connectivity index (χ3n) is 4.88. The van der Waals surface area contributed by atoms with Crippen molar-refractivity contribution in [1.29, 1.82) is 0 Å². The van der Waals surface area contributed by atoms with Gasteiger partial charge in [0.2, 0.25) is 0 Å². The highest BCUT2D eigenvalue weighted by Gasteiger charge is 2.45. The molecule has 82 valence electrons. The van der Waals surface area contributed by atoms with Gasteiger partial charge < -0.3 is 0 Å². The molecule has 1 heteroatoms. The van der Waals surface area contributed by atoms with Gasteiger partial charge in [0.05, 0.1) is 0 Å². The maximum atomic E-state index is 6.10. The van der Waals surface area contributed by atoms with Gasteiger partial charge in [-0.3, -0.25) is 0 Å². The van der Waals surface area contributed by atoms with Crippen LogP contribution in [-0.4, -0.2) is 5.88 Å². The fraction of sp³-hybridized carbons (Fsp3) is 1.00. The normalized spacial score (nSPS) is 34.9. The molecule has 2 fully saturated rings. The van der Waals surface area contributed by atoms with Crippen LogP contribution in [0.1, 0.15) is 58.8 Å². The summed E-state index contributed by atoms with van der Waals surface area (Å²) in [5.74, 6) is 1.74. The summed E-state index contributed by atoms with van der Waals surface area (Å²) >= 11 is 6.10. The fourth-order valence-electron chi connectivity index (χ4n) is 3.53. The van der Waals surface area contributed by atoms with E-state index in [4.69, 9.17) is 11.6 Å². The smallest absolute Gasteiger partial charge is 0.0257 e. The van der Waals surface area contributed by atoms with Crippen molar-refractivity contribution in [3.05, 3.63) is 0 Å². The minimum Gasteiger partial charge on any atom is -0.126 e. The predicted molar refractivity (Wildman–Crippen MR) is 62.7 cm³/mol. The zero-order chi connectivity index (χ0) is 10.2. The first-order chi connectivity index (χ1) is 6.58. The molecular weight excluding hydrogens is 192 g/mol. The van der Waals surface area contributed by atoms with E-state index in [0.29, 0.717) is 10.8 Å². The standard InChI is InChI=1S/C13H23Cl/c1-12(2)6-8-13(9-7-12)5-3-4-11(13)10-14/h11H,3-10H2,1-2H3. The second-order valence-electron chi connectivity index (χ2n) is 6.27. The van der Waals surface area contributed by atoms with Gasteiger partial charge in [-0.15, -0.1) is 11.6 Å². The summed E-state index contributed by atoms with van der Waals surface area (Å²) < 4.78 is 0. The second-order valence-corrected chi connectivity index (χ2v) is 6.58. The van der Waals surface area contributed by atoms with Crippen LogP contribution in [0.2, 0.25) is 0 Å². The van der Waals surface area contributed by atoms with Crippen molar-refractivity contribution in [1.82, 2.24) is 0 Å². The number of hydrogen-bond acceptors (Lipinski definition) is 0.